The smallest absolute Gasteiger partial charge is 0.124 e. The minimum Gasteiger partial charge on any atom is -0.303 e. The summed E-state index contributed by atoms with van der Waals surface area (Å²) in [6.07, 6.45) is 11.7. The summed E-state index contributed by atoms with van der Waals surface area (Å²) in [5.41, 5.74) is 0. The molecule has 0 fully saturated rings. The maximum absolute atomic E-state index is 10.5. The Balaban J connectivity index is 2.55. The molecule has 0 aromatic carbocycles. The highest BCUT2D eigenvalue weighted by atomic mass is 16.1. The maximum atomic E-state index is 10.5. The molecule has 2 atom stereocenters. The van der Waals surface area contributed by atoms with E-state index in [9.17, 15) is 4.79 Å². The zero-order valence-corrected chi connectivity index (χ0v) is 6.44. The lowest BCUT2D eigenvalue weighted by atomic mass is 9.97. The summed E-state index contributed by atoms with van der Waals surface area (Å²) in [5.74, 6) is 0.455. The van der Waals surface area contributed by atoms with E-state index in [1.165, 1.54) is 0 Å². The van der Waals surface area contributed by atoms with Gasteiger partial charge in [-0.3, -0.25) is 0 Å². The molecule has 0 radical (unpaired) electrons. The van der Waals surface area contributed by atoms with Gasteiger partial charge in [-0.1, -0.05) is 37.0 Å². The molecule has 58 valence electrons. The summed E-state index contributed by atoms with van der Waals surface area (Å²) in [7, 11) is 0. The van der Waals surface area contributed by atoms with Gasteiger partial charge >= 0.3 is 0 Å². The van der Waals surface area contributed by atoms with Crippen LogP contribution in [0.3, 0.4) is 0 Å². The van der Waals surface area contributed by atoms with Gasteiger partial charge in [0.1, 0.15) is 6.29 Å². The third kappa shape index (κ3) is 1.90. The standard InChI is InChI=1S/C10H12O/c1-2-3-5-9-6-4-7-10(9)8-11/h2-6,8-10H,1,7H2. The van der Waals surface area contributed by atoms with E-state index in [2.05, 4.69) is 18.7 Å². The molecule has 0 bridgehead atoms. The lowest BCUT2D eigenvalue weighted by Crippen LogP contribution is -2.05. The summed E-state index contributed by atoms with van der Waals surface area (Å²) in [5, 5.41) is 0. The second-order valence-electron chi connectivity index (χ2n) is 2.66. The van der Waals surface area contributed by atoms with Gasteiger partial charge in [-0.25, -0.2) is 0 Å². The summed E-state index contributed by atoms with van der Waals surface area (Å²) >= 11 is 0. The number of carbonyl (C=O) groups is 1. The van der Waals surface area contributed by atoms with Crippen molar-refractivity contribution in [2.24, 2.45) is 11.8 Å². The van der Waals surface area contributed by atoms with Crippen LogP contribution in [0.15, 0.2) is 37.0 Å². The molecule has 11 heavy (non-hydrogen) atoms. The van der Waals surface area contributed by atoms with Crippen molar-refractivity contribution >= 4 is 6.29 Å². The Morgan fingerprint density at radius 3 is 3.00 bits per heavy atom. The fourth-order valence-electron chi connectivity index (χ4n) is 1.25. The minimum absolute atomic E-state index is 0.159. The van der Waals surface area contributed by atoms with Crippen molar-refractivity contribution in [3.8, 4) is 0 Å². The van der Waals surface area contributed by atoms with Gasteiger partial charge in [0.2, 0.25) is 0 Å². The van der Waals surface area contributed by atoms with Crippen molar-refractivity contribution in [3.05, 3.63) is 37.0 Å². The molecule has 1 aliphatic carbocycles. The van der Waals surface area contributed by atoms with Gasteiger partial charge in [-0.05, 0) is 6.42 Å². The summed E-state index contributed by atoms with van der Waals surface area (Å²) in [6, 6.07) is 0. The predicted octanol–water partition coefficient (Wildman–Crippen LogP) is 2.12. The van der Waals surface area contributed by atoms with Gasteiger partial charge in [0.25, 0.3) is 0 Å². The first kappa shape index (κ1) is 7.99. The molecule has 1 nitrogen and oxygen atoms in total. The molecular weight excluding hydrogens is 136 g/mol. The number of carbonyl (C=O) groups excluding carboxylic acids is 1. The van der Waals surface area contributed by atoms with Crippen LogP contribution >= 0.6 is 0 Å². The summed E-state index contributed by atoms with van der Waals surface area (Å²) < 4.78 is 0. The molecule has 1 heteroatoms. The van der Waals surface area contributed by atoms with E-state index in [0.717, 1.165) is 12.7 Å². The Hall–Kier alpha value is -1.11. The van der Waals surface area contributed by atoms with Gasteiger partial charge < -0.3 is 4.79 Å². The van der Waals surface area contributed by atoms with Crippen LogP contribution in [0.1, 0.15) is 6.42 Å². The maximum Gasteiger partial charge on any atom is 0.124 e. The first-order valence-electron chi connectivity index (χ1n) is 3.79. The first-order chi connectivity index (χ1) is 5.38. The van der Waals surface area contributed by atoms with Gasteiger partial charge in [0.05, 0.1) is 0 Å². The largest absolute Gasteiger partial charge is 0.303 e. The highest BCUT2D eigenvalue weighted by Gasteiger charge is 2.18. The Kier molecular flexibility index (Phi) is 2.84. The number of rotatable bonds is 3. The first-order valence-corrected chi connectivity index (χ1v) is 3.79. The normalized spacial score (nSPS) is 29.5. The molecule has 0 N–H and O–H groups in total. The van der Waals surface area contributed by atoms with Gasteiger partial charge in [0, 0.05) is 11.8 Å². The lowest BCUT2D eigenvalue weighted by molar-refractivity contribution is -0.111. The minimum atomic E-state index is 0.159. The molecule has 0 heterocycles. The Morgan fingerprint density at radius 2 is 2.36 bits per heavy atom. The van der Waals surface area contributed by atoms with Crippen LogP contribution in [0.4, 0.5) is 0 Å². The van der Waals surface area contributed by atoms with E-state index in [4.69, 9.17) is 0 Å². The number of hydrogen-bond acceptors (Lipinski definition) is 1. The van der Waals surface area contributed by atoms with Gasteiger partial charge in [-0.2, -0.15) is 0 Å². The molecule has 0 amide bonds. The SMILES string of the molecule is C=CC=CC1C=CCC1C=O. The molecule has 1 aliphatic rings. The van der Waals surface area contributed by atoms with Crippen molar-refractivity contribution in [1.29, 1.82) is 0 Å². The van der Waals surface area contributed by atoms with Crippen molar-refractivity contribution in [1.82, 2.24) is 0 Å². The van der Waals surface area contributed by atoms with Gasteiger partial charge in [-0.15, -0.1) is 0 Å². The second kappa shape index (κ2) is 3.91. The number of aldehydes is 1. The molecule has 0 spiro atoms. The van der Waals surface area contributed by atoms with Crippen molar-refractivity contribution < 1.29 is 4.79 Å². The van der Waals surface area contributed by atoms with Crippen molar-refractivity contribution in [2.75, 3.05) is 0 Å². The molecule has 2 unspecified atom stereocenters. The van der Waals surface area contributed by atoms with Crippen molar-refractivity contribution in [2.45, 2.75) is 6.42 Å². The quantitative estimate of drug-likeness (QED) is 0.340. The lowest BCUT2D eigenvalue weighted by Gasteiger charge is -2.06. The third-order valence-corrected chi connectivity index (χ3v) is 1.91. The molecule has 1 rings (SSSR count). The predicted molar refractivity (Wildman–Crippen MR) is 46.1 cm³/mol. The summed E-state index contributed by atoms with van der Waals surface area (Å²) in [4.78, 5) is 10.5. The number of hydrogen-bond donors (Lipinski definition) is 0. The third-order valence-electron chi connectivity index (χ3n) is 1.91. The highest BCUT2D eigenvalue weighted by molar-refractivity contribution is 5.57. The molecule has 0 aliphatic heterocycles. The Bertz CT molecular complexity index is 201. The van der Waals surface area contributed by atoms with E-state index in [0.29, 0.717) is 5.92 Å². The molecular formula is C10H12O. The van der Waals surface area contributed by atoms with Crippen LogP contribution in [0, 0.1) is 11.8 Å². The van der Waals surface area contributed by atoms with E-state index >= 15 is 0 Å². The highest BCUT2D eigenvalue weighted by Crippen LogP contribution is 2.24. The Labute approximate surface area is 67.1 Å². The Morgan fingerprint density at radius 1 is 1.55 bits per heavy atom. The summed E-state index contributed by atoms with van der Waals surface area (Å²) in [6.45, 7) is 3.57. The van der Waals surface area contributed by atoms with Crippen LogP contribution < -0.4 is 0 Å². The molecule has 0 saturated carbocycles. The zero-order chi connectivity index (χ0) is 8.10. The molecule has 0 aromatic heterocycles. The average molecular weight is 148 g/mol. The monoisotopic (exact) mass is 148 g/mol. The number of allylic oxidation sites excluding steroid dienone is 5. The van der Waals surface area contributed by atoms with E-state index in [-0.39, 0.29) is 5.92 Å². The van der Waals surface area contributed by atoms with Gasteiger partial charge in [0.15, 0.2) is 0 Å². The topological polar surface area (TPSA) is 17.1 Å². The van der Waals surface area contributed by atoms with Crippen LogP contribution in [0.25, 0.3) is 0 Å². The van der Waals surface area contributed by atoms with Crippen LogP contribution in [0.5, 0.6) is 0 Å². The molecule has 0 saturated heterocycles. The van der Waals surface area contributed by atoms with E-state index in [1.54, 1.807) is 6.08 Å². The van der Waals surface area contributed by atoms with Crippen molar-refractivity contribution in [3.63, 3.8) is 0 Å². The fourth-order valence-corrected chi connectivity index (χ4v) is 1.25. The van der Waals surface area contributed by atoms with Crippen LogP contribution in [-0.4, -0.2) is 6.29 Å². The fraction of sp³-hybridized carbons (Fsp3) is 0.300. The second-order valence-corrected chi connectivity index (χ2v) is 2.66. The average Bonchev–Trinajstić information content (AvgIpc) is 2.47. The van der Waals surface area contributed by atoms with Crippen LogP contribution in [-0.2, 0) is 4.79 Å². The molecule has 0 aromatic rings. The van der Waals surface area contributed by atoms with Crippen LogP contribution in [0.2, 0.25) is 0 Å². The zero-order valence-electron chi connectivity index (χ0n) is 6.44. The van der Waals surface area contributed by atoms with E-state index < -0.39 is 0 Å². The van der Waals surface area contributed by atoms with E-state index in [1.807, 2.05) is 12.2 Å².